The van der Waals surface area contributed by atoms with E-state index in [1.54, 1.807) is 12.1 Å². The molecule has 0 saturated carbocycles. The lowest BCUT2D eigenvalue weighted by molar-refractivity contribution is -0.137. The SMILES string of the molecule is Cl.O=C(Nc1nnc(COc2ncc(C(F)(F)F)cc2Cl)s1)c1ccc2c(c1)CCNC2.O=C(Nc1nnc(COc2ncc(Cl)cc2Cl)s1)c1ccc2c(c1)CCNC2. The Morgan fingerprint density at radius 3 is 1.63 bits per heavy atom. The first kappa shape index (κ1) is 44.8. The van der Waals surface area contributed by atoms with Crippen LogP contribution in [-0.4, -0.2) is 55.3 Å². The van der Waals surface area contributed by atoms with Crippen LogP contribution in [0.5, 0.6) is 11.8 Å². The molecule has 2 amide bonds. The molecular weight excluding hydrogens is 911 g/mol. The number of benzene rings is 2. The third-order valence-corrected chi connectivity index (χ3v) is 11.0. The number of anilines is 2. The second kappa shape index (κ2) is 20.2. The van der Waals surface area contributed by atoms with Crippen molar-refractivity contribution in [3.8, 4) is 11.8 Å². The van der Waals surface area contributed by atoms with Crippen LogP contribution in [0.4, 0.5) is 23.4 Å². The Kier molecular flexibility index (Phi) is 15.1. The fourth-order valence-electron chi connectivity index (χ4n) is 5.76. The molecule has 60 heavy (non-hydrogen) atoms. The van der Waals surface area contributed by atoms with Gasteiger partial charge in [-0.25, -0.2) is 9.97 Å². The maximum Gasteiger partial charge on any atom is 0.417 e. The number of hydrogen-bond acceptors (Lipinski definition) is 14. The number of halogens is 7. The minimum absolute atomic E-state index is 0. The molecule has 0 bridgehead atoms. The summed E-state index contributed by atoms with van der Waals surface area (Å²) in [5.74, 6) is -0.417. The van der Waals surface area contributed by atoms with Crippen LogP contribution in [0.3, 0.4) is 0 Å². The molecule has 6 heterocycles. The summed E-state index contributed by atoms with van der Waals surface area (Å²) >= 11 is 19.9. The van der Waals surface area contributed by atoms with Gasteiger partial charge in [0, 0.05) is 36.6 Å². The van der Waals surface area contributed by atoms with Gasteiger partial charge in [-0.2, -0.15) is 13.2 Å². The van der Waals surface area contributed by atoms with Crippen molar-refractivity contribution in [1.29, 1.82) is 0 Å². The smallest absolute Gasteiger partial charge is 0.417 e. The normalized spacial score (nSPS) is 13.1. The summed E-state index contributed by atoms with van der Waals surface area (Å²) < 4.78 is 48.9. The van der Waals surface area contributed by atoms with Crippen LogP contribution in [0.2, 0.25) is 15.1 Å². The lowest BCUT2D eigenvalue weighted by atomic mass is 9.98. The van der Waals surface area contributed by atoms with Gasteiger partial charge in [-0.1, -0.05) is 69.6 Å². The predicted molar refractivity (Wildman–Crippen MR) is 224 cm³/mol. The van der Waals surface area contributed by atoms with Gasteiger partial charge in [-0.3, -0.25) is 20.2 Å². The van der Waals surface area contributed by atoms with Crippen molar-refractivity contribution in [1.82, 2.24) is 41.0 Å². The van der Waals surface area contributed by atoms with Crippen molar-refractivity contribution in [3.05, 3.63) is 125 Å². The number of alkyl halides is 3. The van der Waals surface area contributed by atoms with E-state index in [0.29, 0.717) is 42.5 Å². The van der Waals surface area contributed by atoms with E-state index in [9.17, 15) is 22.8 Å². The number of nitrogens with one attached hydrogen (secondary N) is 4. The van der Waals surface area contributed by atoms with E-state index in [1.807, 2.05) is 30.3 Å². The largest absolute Gasteiger partial charge is 0.469 e. The molecule has 0 radical (unpaired) electrons. The Bertz CT molecular complexity index is 2490. The number of carbonyl (C=O) groups excluding carboxylic acids is 2. The van der Waals surface area contributed by atoms with Gasteiger partial charge in [-0.05, 0) is 84.6 Å². The summed E-state index contributed by atoms with van der Waals surface area (Å²) in [6, 6.07) is 13.6. The molecule has 0 aliphatic carbocycles. The van der Waals surface area contributed by atoms with Gasteiger partial charge in [0.15, 0.2) is 10.0 Å². The molecule has 0 spiro atoms. The topological polar surface area (TPSA) is 178 Å². The van der Waals surface area contributed by atoms with E-state index in [4.69, 9.17) is 44.3 Å². The van der Waals surface area contributed by atoms with Crippen molar-refractivity contribution in [3.63, 3.8) is 0 Å². The van der Waals surface area contributed by atoms with E-state index in [0.717, 1.165) is 62.0 Å². The molecular formula is C37H31Cl4F3N10O4S2. The van der Waals surface area contributed by atoms with Gasteiger partial charge in [0.25, 0.3) is 11.8 Å². The van der Waals surface area contributed by atoms with Crippen LogP contribution >= 0.6 is 69.9 Å². The van der Waals surface area contributed by atoms with Crippen molar-refractivity contribution < 1.29 is 32.2 Å². The second-order valence-electron chi connectivity index (χ2n) is 12.8. The number of pyridine rings is 2. The van der Waals surface area contributed by atoms with Crippen LogP contribution in [0.1, 0.15) is 58.5 Å². The molecule has 6 aromatic rings. The highest BCUT2D eigenvalue weighted by molar-refractivity contribution is 7.15. The number of amides is 2. The summed E-state index contributed by atoms with van der Waals surface area (Å²) in [6.45, 7) is 3.43. The van der Waals surface area contributed by atoms with Crippen molar-refractivity contribution >= 4 is 92.0 Å². The Balaban J connectivity index is 0.000000199. The number of ether oxygens (including phenoxy) is 2. The first-order valence-electron chi connectivity index (χ1n) is 17.6. The fraction of sp³-hybridized carbons (Fsp3) is 0.243. The third-order valence-electron chi connectivity index (χ3n) is 8.66. The highest BCUT2D eigenvalue weighted by atomic mass is 35.5. The predicted octanol–water partition coefficient (Wildman–Crippen LogP) is 8.22. The standard InChI is InChI=1S/C19H15ClF3N5O2S.C18H15Cl2N5O2S.ClH/c20-14-6-13(19(21,22)23)8-25-17(14)30-9-15-27-28-18(31-15)26-16(29)11-1-2-12-7-24-4-3-10(12)5-11;19-13-6-14(20)17(22-8-13)27-9-15-24-25-18(28-15)23-16(26)11-1-2-12-7-21-4-3-10(12)5-11;/h1-2,5-6,8,24H,3-4,7,9H2,(H,26,28,29);1-2,5-6,8,21H,3-4,7,9H2,(H,23,25,26);1H. The fourth-order valence-corrected chi connectivity index (χ4v) is 7.71. The molecule has 0 atom stereocenters. The molecule has 0 fully saturated rings. The number of nitrogens with zero attached hydrogens (tertiary/aromatic N) is 6. The summed E-state index contributed by atoms with van der Waals surface area (Å²) in [7, 11) is 0. The number of aromatic nitrogens is 6. The second-order valence-corrected chi connectivity index (χ2v) is 16.1. The van der Waals surface area contributed by atoms with E-state index in [-0.39, 0.29) is 59.3 Å². The van der Waals surface area contributed by atoms with Crippen LogP contribution in [-0.2, 0) is 45.3 Å². The molecule has 0 saturated heterocycles. The zero-order valence-corrected chi connectivity index (χ0v) is 35.5. The average Bonchev–Trinajstić information content (AvgIpc) is 3.88. The molecule has 2 aliphatic heterocycles. The van der Waals surface area contributed by atoms with Gasteiger partial charge in [0.2, 0.25) is 22.0 Å². The zero-order valence-electron chi connectivity index (χ0n) is 30.7. The van der Waals surface area contributed by atoms with E-state index in [1.165, 1.54) is 34.2 Å². The molecule has 8 rings (SSSR count). The zero-order chi connectivity index (χ0) is 41.5. The van der Waals surface area contributed by atoms with Gasteiger partial charge in [-0.15, -0.1) is 32.8 Å². The minimum atomic E-state index is -4.55. The van der Waals surface area contributed by atoms with Gasteiger partial charge >= 0.3 is 6.18 Å². The maximum atomic E-state index is 12.7. The molecule has 4 N–H and O–H groups in total. The van der Waals surface area contributed by atoms with E-state index < -0.39 is 11.7 Å². The molecule has 2 aliphatic rings. The van der Waals surface area contributed by atoms with Crippen molar-refractivity contribution in [2.75, 3.05) is 23.7 Å². The number of fused-ring (bicyclic) bond motifs is 2. The van der Waals surface area contributed by atoms with Crippen LogP contribution in [0.25, 0.3) is 0 Å². The number of carbonyl (C=O) groups is 2. The molecule has 0 unspecified atom stereocenters. The molecule has 4 aromatic heterocycles. The molecule has 14 nitrogen and oxygen atoms in total. The molecule has 23 heteroatoms. The van der Waals surface area contributed by atoms with Crippen molar-refractivity contribution in [2.24, 2.45) is 0 Å². The summed E-state index contributed by atoms with van der Waals surface area (Å²) in [5, 5.41) is 30.0. The Hall–Kier alpha value is -4.73. The first-order valence-corrected chi connectivity index (χ1v) is 20.4. The number of hydrogen-bond donors (Lipinski definition) is 4. The molecule has 314 valence electrons. The van der Waals surface area contributed by atoms with E-state index >= 15 is 0 Å². The first-order chi connectivity index (χ1) is 28.4. The van der Waals surface area contributed by atoms with Crippen LogP contribution < -0.4 is 30.7 Å². The Morgan fingerprint density at radius 2 is 1.17 bits per heavy atom. The lowest BCUT2D eigenvalue weighted by Gasteiger charge is -2.17. The lowest BCUT2D eigenvalue weighted by Crippen LogP contribution is -2.24. The Morgan fingerprint density at radius 1 is 0.683 bits per heavy atom. The van der Waals surface area contributed by atoms with Crippen LogP contribution in [0, 0.1) is 0 Å². The summed E-state index contributed by atoms with van der Waals surface area (Å²) in [4.78, 5) is 32.6. The summed E-state index contributed by atoms with van der Waals surface area (Å²) in [6.07, 6.45) is -0.684. The highest BCUT2D eigenvalue weighted by Gasteiger charge is 2.32. The van der Waals surface area contributed by atoms with Gasteiger partial charge < -0.3 is 20.1 Å². The highest BCUT2D eigenvalue weighted by Crippen LogP contribution is 2.34. The third kappa shape index (κ3) is 11.8. The maximum absolute atomic E-state index is 12.7. The Labute approximate surface area is 369 Å². The van der Waals surface area contributed by atoms with E-state index in [2.05, 4.69) is 51.6 Å². The van der Waals surface area contributed by atoms with Gasteiger partial charge in [0.1, 0.15) is 23.3 Å². The molecule has 2 aromatic carbocycles. The van der Waals surface area contributed by atoms with Crippen LogP contribution in [0.15, 0.2) is 60.9 Å². The monoisotopic (exact) mass is 940 g/mol. The quantitative estimate of drug-likeness (QED) is 0.104. The van der Waals surface area contributed by atoms with Gasteiger partial charge in [0.05, 0.1) is 10.6 Å². The summed E-state index contributed by atoms with van der Waals surface area (Å²) in [5.41, 5.74) is 4.90. The number of rotatable bonds is 10. The minimum Gasteiger partial charge on any atom is -0.469 e. The average molecular weight is 943 g/mol. The van der Waals surface area contributed by atoms with Crippen molar-refractivity contribution in [2.45, 2.75) is 45.3 Å².